The van der Waals surface area contributed by atoms with Gasteiger partial charge in [-0.15, -0.1) is 0 Å². The number of rotatable bonds is 3. The number of aliphatic hydroxyl groups excluding tert-OH is 1. The molecule has 1 unspecified atom stereocenters. The van der Waals surface area contributed by atoms with Crippen molar-refractivity contribution in [3.05, 3.63) is 34.9 Å². The molecule has 0 radical (unpaired) electrons. The molecule has 0 bridgehead atoms. The van der Waals surface area contributed by atoms with E-state index in [9.17, 15) is 5.11 Å². The summed E-state index contributed by atoms with van der Waals surface area (Å²) >= 11 is 6.11. The lowest BCUT2D eigenvalue weighted by Gasteiger charge is -2.30. The van der Waals surface area contributed by atoms with Crippen molar-refractivity contribution in [2.45, 2.75) is 45.1 Å². The van der Waals surface area contributed by atoms with Crippen molar-refractivity contribution in [3.8, 4) is 0 Å². The van der Waals surface area contributed by atoms with Gasteiger partial charge in [0.15, 0.2) is 0 Å². The van der Waals surface area contributed by atoms with E-state index in [1.807, 2.05) is 24.3 Å². The lowest BCUT2D eigenvalue weighted by atomic mass is 9.80. The van der Waals surface area contributed by atoms with Crippen LogP contribution in [0.3, 0.4) is 0 Å². The van der Waals surface area contributed by atoms with Crippen LogP contribution in [0, 0.1) is 5.41 Å². The van der Waals surface area contributed by atoms with Gasteiger partial charge in [0.2, 0.25) is 0 Å². The average molecular weight is 239 g/mol. The molecule has 0 spiro atoms. The largest absolute Gasteiger partial charge is 0.392 e. The molecule has 1 aromatic carbocycles. The molecule has 1 fully saturated rings. The fourth-order valence-corrected chi connectivity index (χ4v) is 2.85. The van der Waals surface area contributed by atoms with E-state index in [0.717, 1.165) is 23.4 Å². The third-order valence-corrected chi connectivity index (χ3v) is 4.29. The predicted molar refractivity (Wildman–Crippen MR) is 67.7 cm³/mol. The second-order valence-electron chi connectivity index (χ2n) is 5.17. The highest BCUT2D eigenvalue weighted by atomic mass is 35.5. The highest BCUT2D eigenvalue weighted by molar-refractivity contribution is 6.31. The molecule has 0 aromatic heterocycles. The molecule has 1 nitrogen and oxygen atoms in total. The zero-order chi connectivity index (χ0) is 11.6. The van der Waals surface area contributed by atoms with Gasteiger partial charge in [0.05, 0.1) is 6.10 Å². The summed E-state index contributed by atoms with van der Waals surface area (Å²) < 4.78 is 0. The molecular weight excluding hydrogens is 220 g/mol. The molecule has 1 saturated carbocycles. The summed E-state index contributed by atoms with van der Waals surface area (Å²) in [5.74, 6) is 0. The molecule has 1 aromatic rings. The average Bonchev–Trinajstić information content (AvgIpc) is 2.70. The Morgan fingerprint density at radius 2 is 1.94 bits per heavy atom. The maximum Gasteiger partial charge on any atom is 0.0634 e. The van der Waals surface area contributed by atoms with E-state index in [0.29, 0.717) is 6.42 Å². The highest BCUT2D eigenvalue weighted by Gasteiger charge is 2.35. The van der Waals surface area contributed by atoms with Gasteiger partial charge in [0, 0.05) is 11.4 Å². The molecule has 2 rings (SSSR count). The van der Waals surface area contributed by atoms with Gasteiger partial charge >= 0.3 is 0 Å². The van der Waals surface area contributed by atoms with Gasteiger partial charge in [-0.1, -0.05) is 49.6 Å². The zero-order valence-corrected chi connectivity index (χ0v) is 10.5. The third kappa shape index (κ3) is 2.41. The molecule has 0 aliphatic heterocycles. The van der Waals surface area contributed by atoms with E-state index < -0.39 is 0 Å². The van der Waals surface area contributed by atoms with Crippen molar-refractivity contribution in [3.63, 3.8) is 0 Å². The van der Waals surface area contributed by atoms with Crippen molar-refractivity contribution in [2.75, 3.05) is 0 Å². The lowest BCUT2D eigenvalue weighted by molar-refractivity contribution is 0.0424. The van der Waals surface area contributed by atoms with Crippen LogP contribution < -0.4 is 0 Å². The van der Waals surface area contributed by atoms with Crippen LogP contribution in [0.1, 0.15) is 38.2 Å². The summed E-state index contributed by atoms with van der Waals surface area (Å²) in [7, 11) is 0. The second-order valence-corrected chi connectivity index (χ2v) is 5.58. The van der Waals surface area contributed by atoms with Crippen molar-refractivity contribution >= 4 is 11.6 Å². The Labute approximate surface area is 102 Å². The summed E-state index contributed by atoms with van der Waals surface area (Å²) in [4.78, 5) is 0. The normalized spacial score (nSPS) is 20.9. The molecule has 1 aliphatic rings. The standard InChI is InChI=1S/C14H19ClO/c1-14(8-4-5-9-14)13(16)10-11-6-2-3-7-12(11)15/h2-3,6-7,13,16H,4-5,8-10H2,1H3. The molecule has 1 N–H and O–H groups in total. The van der Waals surface area contributed by atoms with Crippen LogP contribution in [-0.4, -0.2) is 11.2 Å². The Bertz CT molecular complexity index is 356. The van der Waals surface area contributed by atoms with Gasteiger partial charge in [-0.3, -0.25) is 0 Å². The van der Waals surface area contributed by atoms with Gasteiger partial charge < -0.3 is 5.11 Å². The minimum Gasteiger partial charge on any atom is -0.392 e. The van der Waals surface area contributed by atoms with Crippen molar-refractivity contribution in [2.24, 2.45) is 5.41 Å². The molecule has 0 amide bonds. The van der Waals surface area contributed by atoms with Crippen LogP contribution in [0.15, 0.2) is 24.3 Å². The van der Waals surface area contributed by atoms with Crippen LogP contribution in [0.2, 0.25) is 5.02 Å². The molecule has 1 aliphatic carbocycles. The number of benzene rings is 1. The van der Waals surface area contributed by atoms with Gasteiger partial charge in [-0.2, -0.15) is 0 Å². The summed E-state index contributed by atoms with van der Waals surface area (Å²) in [6.07, 6.45) is 5.18. The zero-order valence-electron chi connectivity index (χ0n) is 9.75. The number of hydrogen-bond acceptors (Lipinski definition) is 1. The molecule has 1 atom stereocenters. The fourth-order valence-electron chi connectivity index (χ4n) is 2.63. The number of hydrogen-bond donors (Lipinski definition) is 1. The van der Waals surface area contributed by atoms with Crippen LogP contribution in [0.25, 0.3) is 0 Å². The predicted octanol–water partition coefficient (Wildman–Crippen LogP) is 3.82. The molecular formula is C14H19ClO. The Morgan fingerprint density at radius 3 is 2.56 bits per heavy atom. The van der Waals surface area contributed by atoms with Crippen LogP contribution in [0.4, 0.5) is 0 Å². The van der Waals surface area contributed by atoms with Gasteiger partial charge in [-0.05, 0) is 29.9 Å². The smallest absolute Gasteiger partial charge is 0.0634 e. The highest BCUT2D eigenvalue weighted by Crippen LogP contribution is 2.41. The van der Waals surface area contributed by atoms with E-state index in [1.165, 1.54) is 12.8 Å². The topological polar surface area (TPSA) is 20.2 Å². The molecule has 0 saturated heterocycles. The van der Waals surface area contributed by atoms with Crippen LogP contribution in [0.5, 0.6) is 0 Å². The van der Waals surface area contributed by atoms with E-state index in [2.05, 4.69) is 6.92 Å². The first kappa shape index (κ1) is 11.9. The summed E-state index contributed by atoms with van der Waals surface area (Å²) in [6, 6.07) is 7.80. The SMILES string of the molecule is CC1(C(O)Cc2ccccc2Cl)CCCC1. The lowest BCUT2D eigenvalue weighted by Crippen LogP contribution is -2.31. The van der Waals surface area contributed by atoms with E-state index in [4.69, 9.17) is 11.6 Å². The minimum absolute atomic E-state index is 0.0964. The summed E-state index contributed by atoms with van der Waals surface area (Å²) in [5, 5.41) is 11.1. The maximum atomic E-state index is 10.3. The second kappa shape index (κ2) is 4.77. The summed E-state index contributed by atoms with van der Waals surface area (Å²) in [6.45, 7) is 2.20. The number of halogens is 1. The van der Waals surface area contributed by atoms with Crippen LogP contribution in [-0.2, 0) is 6.42 Å². The fraction of sp³-hybridized carbons (Fsp3) is 0.571. The number of aliphatic hydroxyl groups is 1. The minimum atomic E-state index is -0.269. The first-order valence-corrected chi connectivity index (χ1v) is 6.41. The van der Waals surface area contributed by atoms with Crippen molar-refractivity contribution in [1.82, 2.24) is 0 Å². The maximum absolute atomic E-state index is 10.3. The monoisotopic (exact) mass is 238 g/mol. The van der Waals surface area contributed by atoms with Crippen LogP contribution >= 0.6 is 11.6 Å². The third-order valence-electron chi connectivity index (χ3n) is 3.92. The Morgan fingerprint density at radius 1 is 1.31 bits per heavy atom. The Hall–Kier alpha value is -0.530. The Balaban J connectivity index is 2.07. The first-order valence-electron chi connectivity index (χ1n) is 6.03. The molecule has 88 valence electrons. The molecule has 2 heteroatoms. The van der Waals surface area contributed by atoms with Crippen molar-refractivity contribution in [1.29, 1.82) is 0 Å². The van der Waals surface area contributed by atoms with E-state index in [-0.39, 0.29) is 11.5 Å². The summed E-state index contributed by atoms with van der Waals surface area (Å²) in [5.41, 5.74) is 1.16. The van der Waals surface area contributed by atoms with Gasteiger partial charge in [-0.25, -0.2) is 0 Å². The van der Waals surface area contributed by atoms with E-state index >= 15 is 0 Å². The van der Waals surface area contributed by atoms with E-state index in [1.54, 1.807) is 0 Å². The Kier molecular flexibility index (Phi) is 3.56. The van der Waals surface area contributed by atoms with Crippen molar-refractivity contribution < 1.29 is 5.11 Å². The first-order chi connectivity index (χ1) is 7.62. The van der Waals surface area contributed by atoms with Gasteiger partial charge in [0.1, 0.15) is 0 Å². The quantitative estimate of drug-likeness (QED) is 0.849. The molecule has 16 heavy (non-hydrogen) atoms. The molecule has 0 heterocycles. The van der Waals surface area contributed by atoms with Gasteiger partial charge in [0.25, 0.3) is 0 Å².